The minimum atomic E-state index is -0.314. The van der Waals surface area contributed by atoms with Crippen molar-refractivity contribution in [2.45, 2.75) is 0 Å². The van der Waals surface area contributed by atoms with Crippen LogP contribution in [0.1, 0.15) is 21.8 Å². The number of nitrogens with zero attached hydrogens (tertiary/aromatic N) is 1. The van der Waals surface area contributed by atoms with E-state index in [-0.39, 0.29) is 17.2 Å². The number of aromatic nitrogens is 1. The normalized spacial score (nSPS) is 11.4. The summed E-state index contributed by atoms with van der Waals surface area (Å²) in [7, 11) is 4.50. The Bertz CT molecular complexity index is 1250. The number of carbonyl (C=O) groups excluding carboxylic acids is 1. The number of methoxy groups -OCH3 is 3. The fraction of sp³-hybridized carbons (Fsp3) is 0.120. The van der Waals surface area contributed by atoms with E-state index < -0.39 is 0 Å². The quantitative estimate of drug-likeness (QED) is 0.257. The molecule has 3 aromatic carbocycles. The average molecular weight is 450 g/mol. The summed E-state index contributed by atoms with van der Waals surface area (Å²) in [5.41, 5.74) is 2.62. The highest BCUT2D eigenvalue weighted by Crippen LogP contribution is 2.39. The zero-order valence-corrected chi connectivity index (χ0v) is 18.5. The number of rotatable bonds is 7. The molecule has 0 fully saturated rings. The van der Waals surface area contributed by atoms with Crippen LogP contribution in [0.4, 0.5) is 0 Å². The van der Waals surface area contributed by atoms with E-state index in [4.69, 9.17) is 30.2 Å². The second-order valence-corrected chi connectivity index (χ2v) is 7.28. The highest BCUT2D eigenvalue weighted by molar-refractivity contribution is 6.32. The molecule has 32 heavy (non-hydrogen) atoms. The molecule has 0 saturated heterocycles. The van der Waals surface area contributed by atoms with E-state index in [1.807, 2.05) is 30.3 Å². The highest BCUT2D eigenvalue weighted by Gasteiger charge is 2.23. The Labute approximate surface area is 190 Å². The van der Waals surface area contributed by atoms with Gasteiger partial charge in [0.1, 0.15) is 5.52 Å². The number of allylic oxidation sites excluding steroid dienone is 1. The molecule has 0 N–H and O–H groups in total. The number of ketones is 1. The molecule has 0 bridgehead atoms. The summed E-state index contributed by atoms with van der Waals surface area (Å²) in [4.78, 5) is 18.2. The number of benzene rings is 3. The summed E-state index contributed by atoms with van der Waals surface area (Å²) in [5.74, 6) is 1.04. The third kappa shape index (κ3) is 4.18. The van der Waals surface area contributed by atoms with Gasteiger partial charge in [-0.2, -0.15) is 0 Å². The number of ether oxygens (including phenoxy) is 3. The maximum absolute atomic E-state index is 13.7. The fourth-order valence-corrected chi connectivity index (χ4v) is 3.43. The third-order valence-corrected chi connectivity index (χ3v) is 5.13. The van der Waals surface area contributed by atoms with Crippen molar-refractivity contribution < 1.29 is 23.4 Å². The molecule has 0 atom stereocenters. The first-order valence-electron chi connectivity index (χ1n) is 9.72. The van der Waals surface area contributed by atoms with Crippen molar-refractivity contribution in [1.82, 2.24) is 4.98 Å². The van der Waals surface area contributed by atoms with E-state index in [9.17, 15) is 4.79 Å². The maximum atomic E-state index is 13.7. The predicted octanol–water partition coefficient (Wildman–Crippen LogP) is 5.93. The van der Waals surface area contributed by atoms with Crippen LogP contribution in [0.5, 0.6) is 17.2 Å². The van der Waals surface area contributed by atoms with Gasteiger partial charge in [0.05, 0.1) is 26.9 Å². The molecule has 162 valence electrons. The number of oxazole rings is 1. The van der Waals surface area contributed by atoms with Crippen LogP contribution < -0.4 is 14.2 Å². The van der Waals surface area contributed by atoms with Gasteiger partial charge in [0, 0.05) is 10.6 Å². The van der Waals surface area contributed by atoms with Gasteiger partial charge >= 0.3 is 0 Å². The Kier molecular flexibility index (Phi) is 6.14. The van der Waals surface area contributed by atoms with Crippen molar-refractivity contribution in [3.8, 4) is 17.2 Å². The van der Waals surface area contributed by atoms with Crippen LogP contribution in [0.25, 0.3) is 22.7 Å². The lowest BCUT2D eigenvalue weighted by Gasteiger charge is -2.14. The third-order valence-electron chi connectivity index (χ3n) is 4.88. The second-order valence-electron chi connectivity index (χ2n) is 6.84. The van der Waals surface area contributed by atoms with Gasteiger partial charge in [-0.15, -0.1) is 0 Å². The van der Waals surface area contributed by atoms with Gasteiger partial charge in [-0.3, -0.25) is 4.79 Å². The zero-order valence-electron chi connectivity index (χ0n) is 17.7. The van der Waals surface area contributed by atoms with Crippen LogP contribution in [0, 0.1) is 0 Å². The topological polar surface area (TPSA) is 70.8 Å². The zero-order chi connectivity index (χ0) is 22.7. The molecular weight excluding hydrogens is 430 g/mol. The number of fused-ring (bicyclic) bond motifs is 1. The summed E-state index contributed by atoms with van der Waals surface area (Å²) >= 11 is 6.01. The number of Topliss-reactive ketones (excluding diaryl/α,β-unsaturated/α-hetero) is 1. The van der Waals surface area contributed by atoms with Crippen molar-refractivity contribution in [2.75, 3.05) is 21.3 Å². The Hall–Kier alpha value is -3.77. The molecule has 1 heterocycles. The minimum absolute atomic E-state index is 0.208. The van der Waals surface area contributed by atoms with Crippen molar-refractivity contribution >= 4 is 40.1 Å². The van der Waals surface area contributed by atoms with Gasteiger partial charge in [-0.1, -0.05) is 35.9 Å². The molecule has 0 aliphatic rings. The first-order chi connectivity index (χ1) is 15.5. The molecule has 0 saturated carbocycles. The molecule has 0 aliphatic carbocycles. The van der Waals surface area contributed by atoms with Crippen LogP contribution >= 0.6 is 11.6 Å². The Balaban J connectivity index is 1.88. The standard InChI is InChI=1S/C25H20ClNO5/c1-29-21-13-16(14-22(30-2)24(21)31-3)23(28)18(12-15-8-10-17(26)11-9-15)25-27-19-6-4-5-7-20(19)32-25/h4-14H,1-3H3. The molecular formula is C25H20ClNO5. The van der Waals surface area contributed by atoms with Crippen molar-refractivity contribution in [3.05, 3.63) is 82.7 Å². The smallest absolute Gasteiger partial charge is 0.231 e. The molecule has 0 amide bonds. The maximum Gasteiger partial charge on any atom is 0.231 e. The van der Waals surface area contributed by atoms with Crippen LogP contribution in [0.2, 0.25) is 5.02 Å². The van der Waals surface area contributed by atoms with Crippen molar-refractivity contribution in [3.63, 3.8) is 0 Å². The Morgan fingerprint density at radius 3 is 2.19 bits per heavy atom. The average Bonchev–Trinajstić information content (AvgIpc) is 3.26. The van der Waals surface area contributed by atoms with E-state index in [2.05, 4.69) is 4.98 Å². The second kappa shape index (κ2) is 9.16. The number of hydrogen-bond donors (Lipinski definition) is 0. The summed E-state index contributed by atoms with van der Waals surface area (Å²) in [5, 5.41) is 0.599. The van der Waals surface area contributed by atoms with Gasteiger partial charge in [-0.25, -0.2) is 4.98 Å². The van der Waals surface area contributed by atoms with Gasteiger partial charge < -0.3 is 18.6 Å². The Morgan fingerprint density at radius 2 is 1.59 bits per heavy atom. The highest BCUT2D eigenvalue weighted by atomic mass is 35.5. The monoisotopic (exact) mass is 449 g/mol. The molecule has 4 rings (SSSR count). The van der Waals surface area contributed by atoms with E-state index in [1.54, 1.807) is 36.4 Å². The van der Waals surface area contributed by atoms with Crippen LogP contribution in [-0.2, 0) is 0 Å². The van der Waals surface area contributed by atoms with Gasteiger partial charge in [0.25, 0.3) is 0 Å². The van der Waals surface area contributed by atoms with Gasteiger partial charge in [0.2, 0.25) is 11.6 Å². The van der Waals surface area contributed by atoms with Crippen molar-refractivity contribution in [1.29, 1.82) is 0 Å². The predicted molar refractivity (Wildman–Crippen MR) is 124 cm³/mol. The SMILES string of the molecule is COc1cc(C(=O)C(=Cc2ccc(Cl)cc2)c2nc3ccccc3o2)cc(OC)c1OC. The van der Waals surface area contributed by atoms with E-state index in [0.717, 1.165) is 5.56 Å². The number of hydrogen-bond acceptors (Lipinski definition) is 6. The molecule has 0 spiro atoms. The molecule has 7 heteroatoms. The molecule has 4 aromatic rings. The lowest BCUT2D eigenvalue weighted by Crippen LogP contribution is -2.05. The fourth-order valence-electron chi connectivity index (χ4n) is 3.31. The van der Waals surface area contributed by atoms with Gasteiger partial charge in [-0.05, 0) is 48.0 Å². The molecule has 6 nitrogen and oxygen atoms in total. The van der Waals surface area contributed by atoms with E-state index >= 15 is 0 Å². The molecule has 0 aliphatic heterocycles. The first-order valence-corrected chi connectivity index (χ1v) is 10.1. The molecule has 0 radical (unpaired) electrons. The minimum Gasteiger partial charge on any atom is -0.493 e. The number of halogens is 1. The first kappa shape index (κ1) is 21.5. The summed E-state index contributed by atoms with van der Waals surface area (Å²) in [6.07, 6.45) is 1.71. The summed E-state index contributed by atoms with van der Waals surface area (Å²) in [6, 6.07) is 17.7. The number of para-hydroxylation sites is 2. The largest absolute Gasteiger partial charge is 0.493 e. The summed E-state index contributed by atoms with van der Waals surface area (Å²) < 4.78 is 22.1. The van der Waals surface area contributed by atoms with Crippen LogP contribution in [0.3, 0.4) is 0 Å². The Morgan fingerprint density at radius 1 is 0.938 bits per heavy atom. The molecule has 0 unspecified atom stereocenters. The van der Waals surface area contributed by atoms with E-state index in [0.29, 0.717) is 38.9 Å². The van der Waals surface area contributed by atoms with Crippen LogP contribution in [0.15, 0.2) is 65.1 Å². The van der Waals surface area contributed by atoms with Crippen LogP contribution in [-0.4, -0.2) is 32.1 Å². The lowest BCUT2D eigenvalue weighted by atomic mass is 10.00. The number of carbonyl (C=O) groups is 1. The van der Waals surface area contributed by atoms with E-state index in [1.165, 1.54) is 21.3 Å². The summed E-state index contributed by atoms with van der Waals surface area (Å²) in [6.45, 7) is 0. The van der Waals surface area contributed by atoms with Gasteiger partial charge in [0.15, 0.2) is 22.9 Å². The van der Waals surface area contributed by atoms with Crippen molar-refractivity contribution in [2.24, 2.45) is 0 Å². The molecule has 1 aromatic heterocycles. The lowest BCUT2D eigenvalue weighted by molar-refractivity contribution is 0.105.